The van der Waals surface area contributed by atoms with Crippen LogP contribution < -0.4 is 16.0 Å². The highest BCUT2D eigenvalue weighted by molar-refractivity contribution is 5.91. The Hall–Kier alpha value is -2.12. The van der Waals surface area contributed by atoms with Crippen LogP contribution in [0.1, 0.15) is 31.4 Å². The van der Waals surface area contributed by atoms with Crippen LogP contribution in [-0.4, -0.2) is 48.0 Å². The third-order valence-electron chi connectivity index (χ3n) is 4.09. The number of nitrogens with one attached hydrogen (secondary N) is 3. The number of carboxylic acids is 1. The van der Waals surface area contributed by atoms with Gasteiger partial charge in [-0.3, -0.25) is 4.79 Å². The van der Waals surface area contributed by atoms with Crippen molar-refractivity contribution in [2.24, 2.45) is 5.92 Å². The van der Waals surface area contributed by atoms with Gasteiger partial charge in [-0.05, 0) is 37.4 Å². The lowest BCUT2D eigenvalue weighted by molar-refractivity contribution is -0.134. The van der Waals surface area contributed by atoms with Gasteiger partial charge in [0.1, 0.15) is 0 Å². The summed E-state index contributed by atoms with van der Waals surface area (Å²) in [5.41, 5.74) is 3.09. The van der Waals surface area contributed by atoms with Gasteiger partial charge in [0, 0.05) is 31.6 Å². The molecule has 0 unspecified atom stereocenters. The van der Waals surface area contributed by atoms with Gasteiger partial charge >= 0.3 is 6.03 Å². The molecule has 1 aromatic rings. The molecule has 2 atom stereocenters. The smallest absolute Gasteiger partial charge is 0.319 e. The molecule has 1 aliphatic heterocycles. The second-order valence-corrected chi connectivity index (χ2v) is 6.14. The maximum atomic E-state index is 12.1. The molecule has 2 amide bonds. The van der Waals surface area contributed by atoms with Crippen molar-refractivity contribution in [2.75, 3.05) is 25.0 Å². The zero-order valence-electron chi connectivity index (χ0n) is 15.1. The van der Waals surface area contributed by atoms with Crippen molar-refractivity contribution in [2.45, 2.75) is 39.7 Å². The minimum Gasteiger partial charge on any atom is -0.481 e. The van der Waals surface area contributed by atoms with Gasteiger partial charge < -0.3 is 26.2 Å². The van der Waals surface area contributed by atoms with Crippen LogP contribution in [0.25, 0.3) is 0 Å². The molecule has 1 aromatic carbocycles. The molecule has 7 nitrogen and oxygen atoms in total. The highest BCUT2D eigenvalue weighted by atomic mass is 16.4. The van der Waals surface area contributed by atoms with E-state index >= 15 is 0 Å². The summed E-state index contributed by atoms with van der Waals surface area (Å²) in [5, 5.41) is 26.2. The molecule has 0 bridgehead atoms. The van der Waals surface area contributed by atoms with Crippen molar-refractivity contribution in [3.63, 3.8) is 0 Å². The molecule has 2 rings (SSSR count). The Kier molecular flexibility index (Phi) is 8.94. The molecular weight excluding hydrogens is 322 g/mol. The summed E-state index contributed by atoms with van der Waals surface area (Å²) in [6, 6.07) is 5.82. The zero-order chi connectivity index (χ0) is 18.8. The summed E-state index contributed by atoms with van der Waals surface area (Å²) in [7, 11) is 0. The Balaban J connectivity index is 0.000000705. The van der Waals surface area contributed by atoms with Crippen LogP contribution in [0.2, 0.25) is 0 Å². The number of carbonyl (C=O) groups is 2. The Morgan fingerprint density at radius 2 is 2.04 bits per heavy atom. The van der Waals surface area contributed by atoms with Crippen molar-refractivity contribution in [1.82, 2.24) is 10.6 Å². The summed E-state index contributed by atoms with van der Waals surface area (Å²) in [4.78, 5) is 21.1. The number of β-amino-alcohol motifs (C(OH)–C–C–N with tert-alkyl or cyclic N) is 1. The molecule has 0 radical (unpaired) electrons. The van der Waals surface area contributed by atoms with Crippen molar-refractivity contribution in [3.8, 4) is 0 Å². The van der Waals surface area contributed by atoms with Gasteiger partial charge in [-0.15, -0.1) is 0 Å². The van der Waals surface area contributed by atoms with E-state index in [1.165, 1.54) is 0 Å². The van der Waals surface area contributed by atoms with Gasteiger partial charge in [0.25, 0.3) is 5.97 Å². The molecule has 140 valence electrons. The number of aliphatic carboxylic acids is 1. The fourth-order valence-electron chi connectivity index (χ4n) is 2.72. The van der Waals surface area contributed by atoms with Crippen LogP contribution in [0, 0.1) is 12.8 Å². The molecule has 0 spiro atoms. The van der Waals surface area contributed by atoms with Crippen molar-refractivity contribution < 1.29 is 19.8 Å². The minimum atomic E-state index is -0.833. The zero-order valence-corrected chi connectivity index (χ0v) is 15.1. The number of anilines is 1. The van der Waals surface area contributed by atoms with Gasteiger partial charge in [0.2, 0.25) is 0 Å². The van der Waals surface area contributed by atoms with Crippen molar-refractivity contribution in [1.29, 1.82) is 0 Å². The second kappa shape index (κ2) is 10.7. The van der Waals surface area contributed by atoms with Crippen LogP contribution in [0.4, 0.5) is 10.5 Å². The number of amides is 2. The molecule has 1 aliphatic rings. The Morgan fingerprint density at radius 1 is 1.36 bits per heavy atom. The number of aliphatic hydroxyl groups excluding tert-OH is 1. The summed E-state index contributed by atoms with van der Waals surface area (Å²) in [6.07, 6.45) is 1.37. The highest BCUT2D eigenvalue weighted by Gasteiger charge is 2.23. The number of hydrogen-bond donors (Lipinski definition) is 5. The summed E-state index contributed by atoms with van der Waals surface area (Å²) in [5.74, 6) is -0.709. The lowest BCUT2D eigenvalue weighted by Gasteiger charge is -2.28. The molecule has 0 aromatic heterocycles. The fourth-order valence-corrected chi connectivity index (χ4v) is 2.72. The monoisotopic (exact) mass is 351 g/mol. The molecule has 0 aliphatic carbocycles. The van der Waals surface area contributed by atoms with E-state index in [9.17, 15) is 9.90 Å². The van der Waals surface area contributed by atoms with E-state index in [1.54, 1.807) is 0 Å². The first-order chi connectivity index (χ1) is 11.8. The number of aliphatic hydroxyl groups is 1. The van der Waals surface area contributed by atoms with E-state index in [0.717, 1.165) is 43.1 Å². The second-order valence-electron chi connectivity index (χ2n) is 6.14. The quantitative estimate of drug-likeness (QED) is 0.567. The van der Waals surface area contributed by atoms with Crippen LogP contribution >= 0.6 is 0 Å². The highest BCUT2D eigenvalue weighted by Crippen LogP contribution is 2.21. The van der Waals surface area contributed by atoms with Gasteiger partial charge in [0.15, 0.2) is 0 Å². The number of carbonyl (C=O) groups excluding carboxylic acids is 1. The number of aryl methyl sites for hydroxylation is 2. The van der Waals surface area contributed by atoms with E-state index < -0.39 is 5.97 Å². The summed E-state index contributed by atoms with van der Waals surface area (Å²) < 4.78 is 0. The maximum absolute atomic E-state index is 12.1. The predicted molar refractivity (Wildman–Crippen MR) is 97.9 cm³/mol. The predicted octanol–water partition coefficient (Wildman–Crippen LogP) is 1.74. The van der Waals surface area contributed by atoms with Gasteiger partial charge in [-0.25, -0.2) is 4.79 Å². The molecule has 1 heterocycles. The van der Waals surface area contributed by atoms with E-state index in [4.69, 9.17) is 9.90 Å². The molecule has 5 N–H and O–H groups in total. The molecule has 1 fully saturated rings. The van der Waals surface area contributed by atoms with Crippen LogP contribution in [0.15, 0.2) is 18.2 Å². The summed E-state index contributed by atoms with van der Waals surface area (Å²) >= 11 is 0. The third kappa shape index (κ3) is 7.53. The van der Waals surface area contributed by atoms with E-state index in [2.05, 4.69) is 22.9 Å². The molecular formula is C18H29N3O4. The average Bonchev–Trinajstić information content (AvgIpc) is 2.55. The normalized spacial score (nSPS) is 19.4. The lowest BCUT2D eigenvalue weighted by atomic mass is 9.95. The topological polar surface area (TPSA) is 111 Å². The maximum Gasteiger partial charge on any atom is 0.319 e. The SMILES string of the molecule is CC(=O)O.CCc1cccc(C)c1NC(=O)NC[C@@H]1CCNC[C@H]1O. The lowest BCUT2D eigenvalue weighted by Crippen LogP contribution is -2.46. The number of rotatable bonds is 4. The Bertz CT molecular complexity index is 573. The molecule has 0 saturated carbocycles. The minimum absolute atomic E-state index is 0.125. The Morgan fingerprint density at radius 3 is 2.64 bits per heavy atom. The Labute approximate surface area is 148 Å². The van der Waals surface area contributed by atoms with Crippen LogP contribution in [0.3, 0.4) is 0 Å². The fraction of sp³-hybridized carbons (Fsp3) is 0.556. The van der Waals surface area contributed by atoms with Gasteiger partial charge in [-0.2, -0.15) is 0 Å². The van der Waals surface area contributed by atoms with E-state index in [1.807, 2.05) is 25.1 Å². The van der Waals surface area contributed by atoms with Crippen LogP contribution in [0.5, 0.6) is 0 Å². The molecule has 25 heavy (non-hydrogen) atoms. The number of para-hydroxylation sites is 1. The average molecular weight is 351 g/mol. The van der Waals surface area contributed by atoms with Crippen molar-refractivity contribution in [3.05, 3.63) is 29.3 Å². The van der Waals surface area contributed by atoms with Gasteiger partial charge in [-0.1, -0.05) is 25.1 Å². The van der Waals surface area contributed by atoms with Crippen molar-refractivity contribution >= 4 is 17.7 Å². The number of urea groups is 1. The standard InChI is InChI=1S/C16H25N3O2.C2H4O2/c1-3-12-6-4-5-11(2)15(12)19-16(21)18-9-13-7-8-17-10-14(13)20;1-2(3)4/h4-6,13-14,17,20H,3,7-10H2,1-2H3,(H2,18,19,21);1H3,(H,3,4)/t13-,14+;/m0./s1. The third-order valence-corrected chi connectivity index (χ3v) is 4.09. The number of carboxylic acid groups (broad SMARTS) is 1. The first-order valence-electron chi connectivity index (χ1n) is 8.56. The number of piperidine rings is 1. The largest absolute Gasteiger partial charge is 0.481 e. The van der Waals surface area contributed by atoms with E-state index in [-0.39, 0.29) is 18.1 Å². The van der Waals surface area contributed by atoms with Gasteiger partial charge in [0.05, 0.1) is 6.10 Å². The molecule has 7 heteroatoms. The summed E-state index contributed by atoms with van der Waals surface area (Å²) in [6.45, 7) is 7.14. The first-order valence-corrected chi connectivity index (χ1v) is 8.56. The van der Waals surface area contributed by atoms with E-state index in [0.29, 0.717) is 13.1 Å². The first kappa shape index (κ1) is 20.9. The molecule has 1 saturated heterocycles. The number of benzene rings is 1. The number of hydrogen-bond acceptors (Lipinski definition) is 4. The van der Waals surface area contributed by atoms with Crippen LogP contribution in [-0.2, 0) is 11.2 Å².